The number of carbonyl (C=O) groups excluding carboxylic acids is 2. The Labute approximate surface area is 130 Å². The average molecular weight is 305 g/mol. The number of benzene rings is 1. The first-order valence-corrected chi connectivity index (χ1v) is 7.49. The van der Waals surface area contributed by atoms with E-state index in [1.807, 2.05) is 38.1 Å². The maximum Gasteiger partial charge on any atom is 0.317 e. The van der Waals surface area contributed by atoms with Crippen molar-refractivity contribution in [3.63, 3.8) is 0 Å². The number of rotatable bonds is 3. The van der Waals surface area contributed by atoms with Gasteiger partial charge in [-0.2, -0.15) is 0 Å². The van der Waals surface area contributed by atoms with Gasteiger partial charge in [-0.25, -0.2) is 4.79 Å². The molecule has 0 bridgehead atoms. The predicted molar refractivity (Wildman–Crippen MR) is 84.6 cm³/mol. The van der Waals surface area contributed by atoms with Crippen LogP contribution in [-0.2, 0) is 16.1 Å². The van der Waals surface area contributed by atoms with Crippen LogP contribution in [-0.4, -0.2) is 42.1 Å². The van der Waals surface area contributed by atoms with Crippen molar-refractivity contribution in [1.82, 2.24) is 10.2 Å². The summed E-state index contributed by atoms with van der Waals surface area (Å²) in [4.78, 5) is 25.0. The fourth-order valence-electron chi connectivity index (χ4n) is 2.60. The monoisotopic (exact) mass is 305 g/mol. The van der Waals surface area contributed by atoms with Gasteiger partial charge in [-0.05, 0) is 31.5 Å². The molecule has 1 aromatic rings. The van der Waals surface area contributed by atoms with Gasteiger partial charge in [0.1, 0.15) is 0 Å². The van der Waals surface area contributed by atoms with Crippen molar-refractivity contribution >= 4 is 17.6 Å². The lowest BCUT2D eigenvalue weighted by molar-refractivity contribution is -0.114. The van der Waals surface area contributed by atoms with E-state index >= 15 is 0 Å². The van der Waals surface area contributed by atoms with Gasteiger partial charge in [-0.1, -0.05) is 12.1 Å². The van der Waals surface area contributed by atoms with Gasteiger partial charge in [-0.3, -0.25) is 4.79 Å². The SMILES string of the molecule is CC(=O)Nc1cccc(CNC(=O)N2CC(C)OC(C)C2)c1. The average Bonchev–Trinajstić information content (AvgIpc) is 2.43. The van der Waals surface area contributed by atoms with Crippen LogP contribution in [0.2, 0.25) is 0 Å². The third kappa shape index (κ3) is 4.73. The van der Waals surface area contributed by atoms with Gasteiger partial charge >= 0.3 is 6.03 Å². The van der Waals surface area contributed by atoms with Crippen molar-refractivity contribution in [1.29, 1.82) is 0 Å². The molecular formula is C16H23N3O3. The highest BCUT2D eigenvalue weighted by Crippen LogP contribution is 2.12. The number of ether oxygens (including phenoxy) is 1. The van der Waals surface area contributed by atoms with Crippen LogP contribution in [0.1, 0.15) is 26.3 Å². The molecule has 6 nitrogen and oxygen atoms in total. The molecule has 1 aliphatic heterocycles. The lowest BCUT2D eigenvalue weighted by Crippen LogP contribution is -2.51. The molecule has 1 aromatic carbocycles. The number of anilines is 1. The zero-order chi connectivity index (χ0) is 16.1. The minimum absolute atomic E-state index is 0.0533. The van der Waals surface area contributed by atoms with Gasteiger partial charge in [0.05, 0.1) is 12.2 Å². The second-order valence-electron chi connectivity index (χ2n) is 5.70. The van der Waals surface area contributed by atoms with E-state index in [2.05, 4.69) is 10.6 Å². The summed E-state index contributed by atoms with van der Waals surface area (Å²) in [6, 6.07) is 7.35. The van der Waals surface area contributed by atoms with Crippen molar-refractivity contribution in [2.24, 2.45) is 0 Å². The van der Waals surface area contributed by atoms with E-state index in [4.69, 9.17) is 4.74 Å². The Hall–Kier alpha value is -2.08. The van der Waals surface area contributed by atoms with Crippen molar-refractivity contribution < 1.29 is 14.3 Å². The molecule has 22 heavy (non-hydrogen) atoms. The molecule has 6 heteroatoms. The Morgan fingerprint density at radius 3 is 2.59 bits per heavy atom. The van der Waals surface area contributed by atoms with Gasteiger partial charge in [0.15, 0.2) is 0 Å². The summed E-state index contributed by atoms with van der Waals surface area (Å²) in [5.41, 5.74) is 1.67. The largest absolute Gasteiger partial charge is 0.372 e. The molecule has 0 spiro atoms. The Bertz CT molecular complexity index is 537. The van der Waals surface area contributed by atoms with E-state index < -0.39 is 0 Å². The number of urea groups is 1. The van der Waals surface area contributed by atoms with E-state index in [-0.39, 0.29) is 24.1 Å². The molecule has 1 fully saturated rings. The first kappa shape index (κ1) is 16.3. The molecule has 120 valence electrons. The van der Waals surface area contributed by atoms with Crippen molar-refractivity contribution in [3.05, 3.63) is 29.8 Å². The van der Waals surface area contributed by atoms with Crippen molar-refractivity contribution in [2.45, 2.75) is 39.5 Å². The second kappa shape index (κ2) is 7.26. The lowest BCUT2D eigenvalue weighted by atomic mass is 10.2. The van der Waals surface area contributed by atoms with Gasteiger partial charge in [0.25, 0.3) is 0 Å². The Balaban J connectivity index is 1.89. The summed E-state index contributed by atoms with van der Waals surface area (Å²) in [7, 11) is 0. The Morgan fingerprint density at radius 1 is 1.27 bits per heavy atom. The number of nitrogens with one attached hydrogen (secondary N) is 2. The van der Waals surface area contributed by atoms with E-state index in [1.54, 1.807) is 4.90 Å². The van der Waals surface area contributed by atoms with Crippen molar-refractivity contribution in [3.8, 4) is 0 Å². The summed E-state index contributed by atoms with van der Waals surface area (Å²) in [5.74, 6) is -0.113. The number of nitrogens with zero attached hydrogens (tertiary/aromatic N) is 1. The van der Waals surface area contributed by atoms with Crippen LogP contribution in [0.4, 0.5) is 10.5 Å². The van der Waals surface area contributed by atoms with E-state index in [9.17, 15) is 9.59 Å². The lowest BCUT2D eigenvalue weighted by Gasteiger charge is -2.35. The van der Waals surface area contributed by atoms with Gasteiger partial charge < -0.3 is 20.3 Å². The molecule has 0 radical (unpaired) electrons. The minimum atomic E-state index is -0.113. The Morgan fingerprint density at radius 2 is 1.95 bits per heavy atom. The highest BCUT2D eigenvalue weighted by molar-refractivity contribution is 5.88. The molecule has 2 N–H and O–H groups in total. The summed E-state index contributed by atoms with van der Waals surface area (Å²) >= 11 is 0. The first-order valence-electron chi connectivity index (χ1n) is 7.49. The van der Waals surface area contributed by atoms with Crippen LogP contribution in [0.3, 0.4) is 0 Å². The van der Waals surface area contributed by atoms with Gasteiger partial charge in [-0.15, -0.1) is 0 Å². The predicted octanol–water partition coefficient (Wildman–Crippen LogP) is 1.96. The number of morpholine rings is 1. The zero-order valence-electron chi connectivity index (χ0n) is 13.3. The fraction of sp³-hybridized carbons (Fsp3) is 0.500. The summed E-state index contributed by atoms with van der Waals surface area (Å²) in [6.07, 6.45) is 0.107. The highest BCUT2D eigenvalue weighted by atomic mass is 16.5. The smallest absolute Gasteiger partial charge is 0.317 e. The first-order chi connectivity index (χ1) is 10.4. The summed E-state index contributed by atoms with van der Waals surface area (Å²) < 4.78 is 5.62. The fourth-order valence-corrected chi connectivity index (χ4v) is 2.60. The second-order valence-corrected chi connectivity index (χ2v) is 5.70. The molecule has 0 aliphatic carbocycles. The third-order valence-electron chi connectivity index (χ3n) is 3.40. The summed E-state index contributed by atoms with van der Waals surface area (Å²) in [5, 5.41) is 5.64. The van der Waals surface area contributed by atoms with Crippen LogP contribution < -0.4 is 10.6 Å². The number of carbonyl (C=O) groups is 2. The molecule has 1 aliphatic rings. The Kier molecular flexibility index (Phi) is 5.38. The standard InChI is InChI=1S/C16H23N3O3/c1-11-9-19(10-12(2)22-11)16(21)17-8-14-5-4-6-15(7-14)18-13(3)20/h4-7,11-12H,8-10H2,1-3H3,(H,17,21)(H,18,20). The molecule has 2 unspecified atom stereocenters. The zero-order valence-corrected chi connectivity index (χ0v) is 13.3. The molecule has 2 rings (SSSR count). The van der Waals surface area contributed by atoms with E-state index in [1.165, 1.54) is 6.92 Å². The molecule has 2 atom stereocenters. The van der Waals surface area contributed by atoms with Crippen LogP contribution in [0.5, 0.6) is 0 Å². The molecule has 1 saturated heterocycles. The molecule has 1 heterocycles. The molecule has 0 aromatic heterocycles. The van der Waals surface area contributed by atoms with Gasteiger partial charge in [0, 0.05) is 32.2 Å². The third-order valence-corrected chi connectivity index (χ3v) is 3.40. The quantitative estimate of drug-likeness (QED) is 0.897. The van der Waals surface area contributed by atoms with Gasteiger partial charge in [0.2, 0.25) is 5.91 Å². The maximum absolute atomic E-state index is 12.2. The molecule has 0 saturated carbocycles. The van der Waals surface area contributed by atoms with Crippen LogP contribution in [0.25, 0.3) is 0 Å². The van der Waals surface area contributed by atoms with Crippen LogP contribution >= 0.6 is 0 Å². The molecule has 3 amide bonds. The summed E-state index contributed by atoms with van der Waals surface area (Å²) in [6.45, 7) is 7.02. The number of hydrogen-bond acceptors (Lipinski definition) is 3. The number of hydrogen-bond donors (Lipinski definition) is 2. The minimum Gasteiger partial charge on any atom is -0.372 e. The number of amides is 3. The van der Waals surface area contributed by atoms with E-state index in [0.29, 0.717) is 19.6 Å². The van der Waals surface area contributed by atoms with Crippen LogP contribution in [0, 0.1) is 0 Å². The normalized spacial score (nSPS) is 21.3. The van der Waals surface area contributed by atoms with E-state index in [0.717, 1.165) is 11.3 Å². The maximum atomic E-state index is 12.2. The van der Waals surface area contributed by atoms with Crippen LogP contribution in [0.15, 0.2) is 24.3 Å². The molecular weight excluding hydrogens is 282 g/mol. The topological polar surface area (TPSA) is 70.7 Å². The highest BCUT2D eigenvalue weighted by Gasteiger charge is 2.25. The van der Waals surface area contributed by atoms with Crippen molar-refractivity contribution in [2.75, 3.05) is 18.4 Å².